The average molecular weight is 330 g/mol. The zero-order valence-electron chi connectivity index (χ0n) is 14.1. The maximum Gasteiger partial charge on any atom is 0.254 e. The van der Waals surface area contributed by atoms with Crippen molar-refractivity contribution < 1.29 is 0 Å². The number of fused-ring (bicyclic) bond motifs is 1. The third-order valence-corrected chi connectivity index (χ3v) is 3.89. The molecule has 0 radical (unpaired) electrons. The Labute approximate surface area is 145 Å². The Balaban J connectivity index is 1.86. The van der Waals surface area contributed by atoms with Crippen molar-refractivity contribution in [2.24, 2.45) is 0 Å². The summed E-state index contributed by atoms with van der Waals surface area (Å²) in [5, 5.41) is 8.03. The van der Waals surface area contributed by atoms with Crippen LogP contribution in [0.3, 0.4) is 0 Å². The van der Waals surface area contributed by atoms with Gasteiger partial charge >= 0.3 is 0 Å². The second-order valence-corrected chi connectivity index (χ2v) is 6.10. The summed E-state index contributed by atoms with van der Waals surface area (Å²) in [6.07, 6.45) is 3.49. The van der Waals surface area contributed by atoms with Crippen molar-refractivity contribution >= 4 is 17.3 Å². The highest BCUT2D eigenvalue weighted by Crippen LogP contribution is 2.23. The van der Waals surface area contributed by atoms with E-state index >= 15 is 0 Å². The molecule has 0 saturated heterocycles. The van der Waals surface area contributed by atoms with Crippen LogP contribution in [0.1, 0.15) is 25.5 Å². The minimum atomic E-state index is 0.292. The highest BCUT2D eigenvalue weighted by molar-refractivity contribution is 5.61. The molecule has 0 aliphatic rings. The van der Waals surface area contributed by atoms with Crippen molar-refractivity contribution in [1.29, 1.82) is 0 Å². The number of benzene rings is 1. The molecule has 6 heteroatoms. The molecule has 4 aromatic rings. The molecule has 0 aliphatic carbocycles. The van der Waals surface area contributed by atoms with Gasteiger partial charge in [-0.3, -0.25) is 4.98 Å². The fraction of sp³-hybridized carbons (Fsp3) is 0.158. The number of anilines is 2. The zero-order chi connectivity index (χ0) is 17.2. The van der Waals surface area contributed by atoms with E-state index in [4.69, 9.17) is 0 Å². The third-order valence-electron chi connectivity index (χ3n) is 3.89. The van der Waals surface area contributed by atoms with E-state index in [9.17, 15) is 0 Å². The predicted octanol–water partition coefficient (Wildman–Crippen LogP) is 4.05. The molecule has 25 heavy (non-hydrogen) atoms. The molecule has 0 aliphatic heterocycles. The van der Waals surface area contributed by atoms with Crippen molar-refractivity contribution in [3.05, 3.63) is 66.6 Å². The van der Waals surface area contributed by atoms with Crippen molar-refractivity contribution in [2.75, 3.05) is 5.32 Å². The summed E-state index contributed by atoms with van der Waals surface area (Å²) in [6.45, 7) is 4.23. The SMILES string of the molecule is CC(C)c1cc(Nc2ccccc2)n2nc(-c3cccnc3)nc2n1. The van der Waals surface area contributed by atoms with E-state index < -0.39 is 0 Å². The molecule has 1 aromatic carbocycles. The first-order valence-electron chi connectivity index (χ1n) is 8.21. The van der Waals surface area contributed by atoms with Gasteiger partial charge in [0.15, 0.2) is 5.82 Å². The normalized spacial score (nSPS) is 11.2. The Bertz CT molecular complexity index is 993. The summed E-state index contributed by atoms with van der Waals surface area (Å²) < 4.78 is 1.74. The van der Waals surface area contributed by atoms with Crippen LogP contribution in [0.5, 0.6) is 0 Å². The Morgan fingerprint density at radius 1 is 1.00 bits per heavy atom. The smallest absolute Gasteiger partial charge is 0.254 e. The molecule has 0 bridgehead atoms. The molecular formula is C19H18N6. The first kappa shape index (κ1) is 15.3. The Kier molecular flexibility index (Phi) is 3.85. The van der Waals surface area contributed by atoms with E-state index in [0.29, 0.717) is 17.5 Å². The van der Waals surface area contributed by atoms with E-state index in [1.54, 1.807) is 16.9 Å². The summed E-state index contributed by atoms with van der Waals surface area (Å²) in [5.74, 6) is 2.31. The van der Waals surface area contributed by atoms with E-state index in [0.717, 1.165) is 22.8 Å². The fourth-order valence-corrected chi connectivity index (χ4v) is 2.56. The van der Waals surface area contributed by atoms with Gasteiger partial charge in [-0.25, -0.2) is 4.98 Å². The van der Waals surface area contributed by atoms with Gasteiger partial charge in [0.05, 0.1) is 5.69 Å². The Hall–Kier alpha value is -3.28. The van der Waals surface area contributed by atoms with Crippen LogP contribution in [-0.4, -0.2) is 24.6 Å². The first-order chi connectivity index (χ1) is 12.2. The average Bonchev–Trinajstić information content (AvgIpc) is 3.08. The number of pyridine rings is 1. The minimum absolute atomic E-state index is 0.292. The van der Waals surface area contributed by atoms with E-state index in [1.165, 1.54) is 0 Å². The molecule has 0 amide bonds. The van der Waals surface area contributed by atoms with E-state index in [2.05, 4.69) is 39.2 Å². The fourth-order valence-electron chi connectivity index (χ4n) is 2.56. The van der Waals surface area contributed by atoms with Crippen molar-refractivity contribution in [1.82, 2.24) is 24.6 Å². The number of para-hydroxylation sites is 1. The molecule has 1 N–H and O–H groups in total. The second kappa shape index (κ2) is 6.32. The van der Waals surface area contributed by atoms with Crippen LogP contribution in [0, 0.1) is 0 Å². The number of hydrogen-bond donors (Lipinski definition) is 1. The molecule has 0 fully saturated rings. The van der Waals surface area contributed by atoms with Gasteiger partial charge in [-0.2, -0.15) is 9.50 Å². The number of nitrogens with one attached hydrogen (secondary N) is 1. The molecule has 0 unspecified atom stereocenters. The largest absolute Gasteiger partial charge is 0.340 e. The zero-order valence-corrected chi connectivity index (χ0v) is 14.1. The summed E-state index contributed by atoms with van der Waals surface area (Å²) in [6, 6.07) is 15.8. The molecular weight excluding hydrogens is 312 g/mol. The first-order valence-corrected chi connectivity index (χ1v) is 8.21. The predicted molar refractivity (Wildman–Crippen MR) is 97.8 cm³/mol. The lowest BCUT2D eigenvalue weighted by Crippen LogP contribution is -2.05. The van der Waals surface area contributed by atoms with Crippen LogP contribution in [-0.2, 0) is 0 Å². The van der Waals surface area contributed by atoms with Crippen LogP contribution in [0.25, 0.3) is 17.2 Å². The molecule has 3 aromatic heterocycles. The maximum atomic E-state index is 4.65. The summed E-state index contributed by atoms with van der Waals surface area (Å²) in [7, 11) is 0. The second-order valence-electron chi connectivity index (χ2n) is 6.10. The van der Waals surface area contributed by atoms with Crippen LogP contribution in [0.4, 0.5) is 11.5 Å². The topological polar surface area (TPSA) is 68.0 Å². The summed E-state index contributed by atoms with van der Waals surface area (Å²) in [5.41, 5.74) is 2.82. The molecule has 3 heterocycles. The van der Waals surface area contributed by atoms with E-state index in [1.807, 2.05) is 48.5 Å². The summed E-state index contributed by atoms with van der Waals surface area (Å²) in [4.78, 5) is 13.4. The van der Waals surface area contributed by atoms with Gasteiger partial charge in [0.2, 0.25) is 0 Å². The molecule has 0 spiro atoms. The lowest BCUT2D eigenvalue weighted by molar-refractivity contribution is 0.809. The highest BCUT2D eigenvalue weighted by atomic mass is 15.4. The highest BCUT2D eigenvalue weighted by Gasteiger charge is 2.14. The lowest BCUT2D eigenvalue weighted by Gasteiger charge is -2.11. The Morgan fingerprint density at radius 2 is 1.84 bits per heavy atom. The Morgan fingerprint density at radius 3 is 2.56 bits per heavy atom. The number of aromatic nitrogens is 5. The monoisotopic (exact) mass is 330 g/mol. The van der Waals surface area contributed by atoms with Gasteiger partial charge in [0.1, 0.15) is 5.82 Å². The maximum absolute atomic E-state index is 4.65. The van der Waals surface area contributed by atoms with Gasteiger partial charge < -0.3 is 5.32 Å². The van der Waals surface area contributed by atoms with Gasteiger partial charge in [0, 0.05) is 29.7 Å². The summed E-state index contributed by atoms with van der Waals surface area (Å²) >= 11 is 0. The van der Waals surface area contributed by atoms with Gasteiger partial charge in [-0.15, -0.1) is 5.10 Å². The quantitative estimate of drug-likeness (QED) is 0.611. The van der Waals surface area contributed by atoms with Crippen LogP contribution in [0.2, 0.25) is 0 Å². The van der Waals surface area contributed by atoms with Crippen molar-refractivity contribution in [3.8, 4) is 11.4 Å². The lowest BCUT2D eigenvalue weighted by atomic mass is 10.1. The standard InChI is InChI=1S/C19H18N6/c1-13(2)16-11-17(21-15-8-4-3-5-9-15)25-19(22-16)23-18(24-25)14-7-6-10-20-12-14/h3-13,21H,1-2H3. The van der Waals surface area contributed by atoms with Gasteiger partial charge in [0.25, 0.3) is 5.78 Å². The molecule has 0 saturated carbocycles. The molecule has 0 atom stereocenters. The van der Waals surface area contributed by atoms with Crippen LogP contribution >= 0.6 is 0 Å². The minimum Gasteiger partial charge on any atom is -0.340 e. The van der Waals surface area contributed by atoms with Crippen molar-refractivity contribution in [2.45, 2.75) is 19.8 Å². The van der Waals surface area contributed by atoms with Crippen LogP contribution < -0.4 is 5.32 Å². The number of nitrogens with zero attached hydrogens (tertiary/aromatic N) is 5. The van der Waals surface area contributed by atoms with Gasteiger partial charge in [-0.1, -0.05) is 32.0 Å². The van der Waals surface area contributed by atoms with E-state index in [-0.39, 0.29) is 0 Å². The third kappa shape index (κ3) is 3.06. The molecule has 124 valence electrons. The van der Waals surface area contributed by atoms with Crippen LogP contribution in [0.15, 0.2) is 60.9 Å². The molecule has 4 rings (SSSR count). The number of hydrogen-bond acceptors (Lipinski definition) is 5. The molecule has 6 nitrogen and oxygen atoms in total. The van der Waals surface area contributed by atoms with Gasteiger partial charge in [-0.05, 0) is 30.2 Å². The number of rotatable bonds is 4. The van der Waals surface area contributed by atoms with Crippen molar-refractivity contribution in [3.63, 3.8) is 0 Å².